The van der Waals surface area contributed by atoms with Crippen LogP contribution in [0.1, 0.15) is 19.8 Å². The summed E-state index contributed by atoms with van der Waals surface area (Å²) < 4.78 is 47.5. The molecule has 8 nitrogen and oxygen atoms in total. The first kappa shape index (κ1) is 24.2. The van der Waals surface area contributed by atoms with E-state index in [2.05, 4.69) is 15.5 Å². The molecule has 35 heavy (non-hydrogen) atoms. The fourth-order valence-corrected chi connectivity index (χ4v) is 4.24. The van der Waals surface area contributed by atoms with E-state index in [-0.39, 0.29) is 37.5 Å². The van der Waals surface area contributed by atoms with E-state index in [0.29, 0.717) is 24.5 Å². The van der Waals surface area contributed by atoms with E-state index < -0.39 is 35.3 Å². The van der Waals surface area contributed by atoms with Gasteiger partial charge in [-0.3, -0.25) is 14.5 Å². The highest BCUT2D eigenvalue weighted by atomic mass is 19.1. The zero-order valence-corrected chi connectivity index (χ0v) is 19.0. The molecule has 4 rings (SSSR count). The van der Waals surface area contributed by atoms with Crippen LogP contribution in [0.3, 0.4) is 0 Å². The Balaban J connectivity index is 1.41. The van der Waals surface area contributed by atoms with Gasteiger partial charge in [0.2, 0.25) is 5.91 Å². The zero-order valence-electron chi connectivity index (χ0n) is 19.0. The molecular formula is C24H24F3N5O3. The van der Waals surface area contributed by atoms with Gasteiger partial charge in [0.25, 0.3) is 0 Å². The Hall–Kier alpha value is -3.94. The van der Waals surface area contributed by atoms with Crippen LogP contribution in [0.25, 0.3) is 4.85 Å². The van der Waals surface area contributed by atoms with Crippen LogP contribution in [0, 0.1) is 24.0 Å². The zero-order chi connectivity index (χ0) is 25.2. The van der Waals surface area contributed by atoms with E-state index in [1.165, 1.54) is 24.0 Å². The van der Waals surface area contributed by atoms with Crippen molar-refractivity contribution < 1.29 is 27.5 Å². The summed E-state index contributed by atoms with van der Waals surface area (Å²) in [5.74, 6) is -2.26. The van der Waals surface area contributed by atoms with E-state index in [1.54, 1.807) is 17.0 Å². The molecule has 0 unspecified atom stereocenters. The quantitative estimate of drug-likeness (QED) is 0.605. The number of amides is 2. The van der Waals surface area contributed by atoms with E-state index in [0.717, 1.165) is 12.1 Å². The molecule has 11 heteroatoms. The van der Waals surface area contributed by atoms with Gasteiger partial charge in [0, 0.05) is 26.1 Å². The maximum atomic E-state index is 15.0. The summed E-state index contributed by atoms with van der Waals surface area (Å²) in [4.78, 5) is 30.0. The first-order valence-corrected chi connectivity index (χ1v) is 11.1. The van der Waals surface area contributed by atoms with Crippen molar-refractivity contribution >= 4 is 29.1 Å². The molecule has 2 N–H and O–H groups in total. The van der Waals surface area contributed by atoms with Crippen molar-refractivity contribution in [2.45, 2.75) is 31.5 Å². The second kappa shape index (κ2) is 9.74. The molecule has 2 aromatic rings. The van der Waals surface area contributed by atoms with Gasteiger partial charge in [0.1, 0.15) is 23.6 Å². The first-order valence-electron chi connectivity index (χ1n) is 11.1. The highest BCUT2D eigenvalue weighted by Crippen LogP contribution is 2.34. The number of benzene rings is 2. The number of rotatable bonds is 6. The molecule has 2 aliphatic heterocycles. The smallest absolute Gasteiger partial charge is 0.414 e. The number of piperidine rings is 1. The third-order valence-corrected chi connectivity index (χ3v) is 6.14. The summed E-state index contributed by atoms with van der Waals surface area (Å²) in [6.07, 6.45) is -0.571. The number of carbonyl (C=O) groups excluding carboxylic acids is 2. The first-order chi connectivity index (χ1) is 16.7. The Morgan fingerprint density at radius 1 is 1.17 bits per heavy atom. The van der Waals surface area contributed by atoms with Crippen LogP contribution in [0.2, 0.25) is 0 Å². The number of halogens is 3. The van der Waals surface area contributed by atoms with Gasteiger partial charge in [-0.15, -0.1) is 0 Å². The van der Waals surface area contributed by atoms with Crippen LogP contribution >= 0.6 is 0 Å². The lowest BCUT2D eigenvalue weighted by atomic mass is 9.96. The van der Waals surface area contributed by atoms with Crippen molar-refractivity contribution in [3.05, 3.63) is 65.3 Å². The molecule has 0 radical (unpaired) electrons. The lowest BCUT2D eigenvalue weighted by Gasteiger charge is -2.36. The summed E-state index contributed by atoms with van der Waals surface area (Å²) in [7, 11) is 0. The molecule has 0 saturated carbocycles. The van der Waals surface area contributed by atoms with Crippen molar-refractivity contribution in [2.24, 2.45) is 0 Å². The molecule has 2 amide bonds. The van der Waals surface area contributed by atoms with Crippen LogP contribution in [-0.2, 0) is 9.53 Å². The van der Waals surface area contributed by atoms with Gasteiger partial charge < -0.3 is 20.3 Å². The number of carbonyl (C=O) groups is 2. The maximum absolute atomic E-state index is 15.0. The SMILES string of the molecule is [C-]#[N+]C1(Nc2ccc(F)cc2F)CCN(c2ccc(N3C[C@H](CNC(C)=O)OC3=O)cc2F)CC1. The predicted octanol–water partition coefficient (Wildman–Crippen LogP) is 3.89. The minimum absolute atomic E-state index is 0.0423. The molecule has 0 spiro atoms. The van der Waals surface area contributed by atoms with E-state index >= 15 is 4.39 Å². The van der Waals surface area contributed by atoms with Crippen molar-refractivity contribution in [1.82, 2.24) is 5.32 Å². The second-order valence-corrected chi connectivity index (χ2v) is 8.57. The molecule has 1 atom stereocenters. The number of nitrogens with zero attached hydrogens (tertiary/aromatic N) is 3. The van der Waals surface area contributed by atoms with Gasteiger partial charge in [0.05, 0.1) is 43.0 Å². The van der Waals surface area contributed by atoms with E-state index in [4.69, 9.17) is 11.3 Å². The van der Waals surface area contributed by atoms with Gasteiger partial charge >= 0.3 is 11.8 Å². The van der Waals surface area contributed by atoms with E-state index in [1.807, 2.05) is 0 Å². The van der Waals surface area contributed by atoms with Gasteiger partial charge in [0.15, 0.2) is 0 Å². The monoisotopic (exact) mass is 487 g/mol. The summed E-state index contributed by atoms with van der Waals surface area (Å²) in [6.45, 7) is 10.0. The Morgan fingerprint density at radius 3 is 2.54 bits per heavy atom. The number of hydrogen-bond acceptors (Lipinski definition) is 5. The topological polar surface area (TPSA) is 78.3 Å². The summed E-state index contributed by atoms with van der Waals surface area (Å²) in [5, 5.41) is 5.49. The Labute approximate surface area is 200 Å². The molecule has 2 saturated heterocycles. The second-order valence-electron chi connectivity index (χ2n) is 8.57. The largest absolute Gasteiger partial charge is 0.442 e. The third-order valence-electron chi connectivity index (χ3n) is 6.14. The van der Waals surface area contributed by atoms with Crippen molar-refractivity contribution in [1.29, 1.82) is 0 Å². The normalized spacial score (nSPS) is 19.2. The van der Waals surface area contributed by atoms with Gasteiger partial charge in [-0.25, -0.2) is 24.5 Å². The molecule has 0 bridgehead atoms. The van der Waals surface area contributed by atoms with Crippen LogP contribution in [-0.4, -0.2) is 49.9 Å². The lowest BCUT2D eigenvalue weighted by molar-refractivity contribution is -0.119. The molecule has 184 valence electrons. The molecule has 2 aliphatic rings. The van der Waals surface area contributed by atoms with Crippen molar-refractivity contribution in [3.63, 3.8) is 0 Å². The number of anilines is 3. The summed E-state index contributed by atoms with van der Waals surface area (Å²) >= 11 is 0. The number of cyclic esters (lactones) is 1. The minimum Gasteiger partial charge on any atom is -0.442 e. The van der Waals surface area contributed by atoms with E-state index in [9.17, 15) is 18.4 Å². The highest BCUT2D eigenvalue weighted by Gasteiger charge is 2.42. The number of ether oxygens (including phenoxy) is 1. The maximum Gasteiger partial charge on any atom is 0.414 e. The van der Waals surface area contributed by atoms with Crippen LogP contribution in [0.15, 0.2) is 36.4 Å². The molecule has 2 fully saturated rings. The Kier molecular flexibility index (Phi) is 6.73. The van der Waals surface area contributed by atoms with Crippen LogP contribution in [0.4, 0.5) is 35.0 Å². The average molecular weight is 487 g/mol. The third kappa shape index (κ3) is 5.26. The van der Waals surface area contributed by atoms with Gasteiger partial charge in [-0.1, -0.05) is 0 Å². The minimum atomic E-state index is -1.09. The Morgan fingerprint density at radius 2 is 1.91 bits per heavy atom. The lowest BCUT2D eigenvalue weighted by Crippen LogP contribution is -2.47. The standard InChI is InChI=1S/C24H24F3N5O3/c1-15(33)29-13-18-14-32(23(34)35-18)17-4-6-22(20(27)12-17)31-9-7-24(28-2,8-10-31)30-21-5-3-16(25)11-19(21)26/h3-6,11-12,18,30H,7-10,13-14H2,1H3,(H,29,33)/t18-/m0/s1. The van der Waals surface area contributed by atoms with Crippen LogP contribution < -0.4 is 20.4 Å². The number of nitrogens with one attached hydrogen (secondary N) is 2. The van der Waals surface area contributed by atoms with Crippen LogP contribution in [0.5, 0.6) is 0 Å². The molecular weight excluding hydrogens is 463 g/mol. The van der Waals surface area contributed by atoms with Gasteiger partial charge in [-0.2, -0.15) is 0 Å². The summed E-state index contributed by atoms with van der Waals surface area (Å²) in [5.41, 5.74) is -0.390. The molecule has 0 aromatic heterocycles. The fraction of sp³-hybridized carbons (Fsp3) is 0.375. The molecule has 2 heterocycles. The summed E-state index contributed by atoms with van der Waals surface area (Å²) in [6, 6.07) is 7.56. The van der Waals surface area contributed by atoms with Crippen molar-refractivity contribution in [3.8, 4) is 0 Å². The predicted molar refractivity (Wildman–Crippen MR) is 123 cm³/mol. The molecule has 2 aromatic carbocycles. The Bertz CT molecular complexity index is 1180. The number of hydrogen-bond donors (Lipinski definition) is 2. The van der Waals surface area contributed by atoms with Crippen molar-refractivity contribution in [2.75, 3.05) is 41.3 Å². The average Bonchev–Trinajstić information content (AvgIpc) is 3.20. The van der Waals surface area contributed by atoms with Gasteiger partial charge in [-0.05, 0) is 30.3 Å². The highest BCUT2D eigenvalue weighted by molar-refractivity contribution is 5.90. The fourth-order valence-electron chi connectivity index (χ4n) is 4.24. The molecule has 0 aliphatic carbocycles.